The molecular weight excluding hydrogens is 250 g/mol. The largest absolute Gasteiger partial charge is 0.466 e. The first-order valence-electron chi connectivity index (χ1n) is 8.21. The van der Waals surface area contributed by atoms with Crippen LogP contribution in [0.25, 0.3) is 0 Å². The first kappa shape index (κ1) is 19.4. The Kier molecular flexibility index (Phi) is 9.11. The Morgan fingerprint density at radius 2 is 1.45 bits per heavy atom. The van der Waals surface area contributed by atoms with E-state index in [1.165, 1.54) is 0 Å². The second kappa shape index (κ2) is 9.38. The number of hydrogen-bond donors (Lipinski definition) is 0. The van der Waals surface area contributed by atoms with E-state index in [0.29, 0.717) is 24.9 Å². The van der Waals surface area contributed by atoms with Crippen molar-refractivity contribution in [2.45, 2.75) is 73.3 Å². The van der Waals surface area contributed by atoms with Crippen molar-refractivity contribution in [1.82, 2.24) is 4.90 Å². The smallest absolute Gasteiger partial charge is 0.307 e. The standard InChI is InChI=1S/C17H35NO2/c1-8-18(9-2)17(11-14(4)5,12-15(6)7)13-16(19)20-10-3/h14-15H,8-13H2,1-7H3. The summed E-state index contributed by atoms with van der Waals surface area (Å²) in [6, 6.07) is 0. The Hall–Kier alpha value is -0.570. The lowest BCUT2D eigenvalue weighted by molar-refractivity contribution is -0.147. The van der Waals surface area contributed by atoms with E-state index in [1.54, 1.807) is 0 Å². The molecule has 0 unspecified atom stereocenters. The maximum Gasteiger partial charge on any atom is 0.307 e. The summed E-state index contributed by atoms with van der Waals surface area (Å²) in [5.74, 6) is 1.09. The monoisotopic (exact) mass is 285 g/mol. The van der Waals surface area contributed by atoms with Crippen LogP contribution in [0.2, 0.25) is 0 Å². The van der Waals surface area contributed by atoms with E-state index in [-0.39, 0.29) is 11.5 Å². The minimum Gasteiger partial charge on any atom is -0.466 e. The fraction of sp³-hybridized carbons (Fsp3) is 0.941. The van der Waals surface area contributed by atoms with Gasteiger partial charge in [-0.3, -0.25) is 9.69 Å². The van der Waals surface area contributed by atoms with Gasteiger partial charge in [-0.05, 0) is 44.7 Å². The molecule has 0 aliphatic carbocycles. The molecule has 0 aliphatic rings. The Morgan fingerprint density at radius 3 is 1.75 bits per heavy atom. The molecule has 0 N–H and O–H groups in total. The third-order valence-electron chi connectivity index (χ3n) is 3.79. The highest BCUT2D eigenvalue weighted by Gasteiger charge is 2.38. The highest BCUT2D eigenvalue weighted by Crippen LogP contribution is 2.34. The van der Waals surface area contributed by atoms with Gasteiger partial charge in [0.25, 0.3) is 0 Å². The fourth-order valence-electron chi connectivity index (χ4n) is 3.49. The molecule has 0 aromatic rings. The molecule has 0 rings (SSSR count). The van der Waals surface area contributed by atoms with Crippen molar-refractivity contribution in [2.24, 2.45) is 11.8 Å². The van der Waals surface area contributed by atoms with Crippen molar-refractivity contribution in [3.63, 3.8) is 0 Å². The van der Waals surface area contributed by atoms with Gasteiger partial charge in [-0.15, -0.1) is 0 Å². The molecule has 0 aliphatic heterocycles. The molecule has 0 spiro atoms. The lowest BCUT2D eigenvalue weighted by Crippen LogP contribution is -2.52. The Balaban J connectivity index is 5.33. The number of rotatable bonds is 10. The van der Waals surface area contributed by atoms with Crippen LogP contribution in [0.5, 0.6) is 0 Å². The van der Waals surface area contributed by atoms with Crippen molar-refractivity contribution >= 4 is 5.97 Å². The van der Waals surface area contributed by atoms with Crippen LogP contribution in [-0.4, -0.2) is 36.1 Å². The number of carbonyl (C=O) groups is 1. The van der Waals surface area contributed by atoms with Gasteiger partial charge in [-0.25, -0.2) is 0 Å². The third kappa shape index (κ3) is 6.25. The molecule has 0 atom stereocenters. The molecule has 0 fully saturated rings. The van der Waals surface area contributed by atoms with E-state index < -0.39 is 0 Å². The van der Waals surface area contributed by atoms with Crippen LogP contribution in [0.3, 0.4) is 0 Å². The van der Waals surface area contributed by atoms with Gasteiger partial charge >= 0.3 is 5.97 Å². The molecule has 0 saturated heterocycles. The number of ether oxygens (including phenoxy) is 1. The Morgan fingerprint density at radius 1 is 1.00 bits per heavy atom. The minimum absolute atomic E-state index is 0.0549. The van der Waals surface area contributed by atoms with Crippen LogP contribution in [0.1, 0.15) is 67.7 Å². The van der Waals surface area contributed by atoms with E-state index in [9.17, 15) is 4.79 Å². The normalized spacial score (nSPS) is 12.5. The van der Waals surface area contributed by atoms with Gasteiger partial charge in [0.15, 0.2) is 0 Å². The zero-order valence-corrected chi connectivity index (χ0v) is 14.7. The van der Waals surface area contributed by atoms with E-state index >= 15 is 0 Å². The molecule has 0 aromatic carbocycles. The van der Waals surface area contributed by atoms with E-state index in [1.807, 2.05) is 6.92 Å². The van der Waals surface area contributed by atoms with E-state index in [4.69, 9.17) is 4.74 Å². The number of carbonyl (C=O) groups excluding carboxylic acids is 1. The van der Waals surface area contributed by atoms with Gasteiger partial charge in [-0.1, -0.05) is 41.5 Å². The highest BCUT2D eigenvalue weighted by atomic mass is 16.5. The Labute approximate surface area is 126 Å². The van der Waals surface area contributed by atoms with Gasteiger partial charge < -0.3 is 4.74 Å². The molecule has 0 heterocycles. The number of esters is 1. The van der Waals surface area contributed by atoms with Gasteiger partial charge in [0, 0.05) is 5.54 Å². The summed E-state index contributed by atoms with van der Waals surface area (Å²) in [4.78, 5) is 14.6. The average Bonchev–Trinajstić information content (AvgIpc) is 2.28. The molecule has 3 heteroatoms. The van der Waals surface area contributed by atoms with Crippen molar-refractivity contribution < 1.29 is 9.53 Å². The number of nitrogens with zero attached hydrogens (tertiary/aromatic N) is 1. The zero-order chi connectivity index (χ0) is 15.8. The summed E-state index contributed by atoms with van der Waals surface area (Å²) in [7, 11) is 0. The SMILES string of the molecule is CCOC(=O)CC(CC(C)C)(CC(C)C)N(CC)CC. The maximum atomic E-state index is 12.1. The second-order valence-corrected chi connectivity index (χ2v) is 6.57. The molecular formula is C17H35NO2. The predicted octanol–water partition coefficient (Wildman–Crippen LogP) is 4.11. The van der Waals surface area contributed by atoms with Crippen molar-refractivity contribution in [2.75, 3.05) is 19.7 Å². The van der Waals surface area contributed by atoms with Crippen molar-refractivity contribution in [1.29, 1.82) is 0 Å². The van der Waals surface area contributed by atoms with Crippen molar-refractivity contribution in [3.05, 3.63) is 0 Å². The lowest BCUT2D eigenvalue weighted by atomic mass is 9.78. The Bertz CT molecular complexity index is 260. The zero-order valence-electron chi connectivity index (χ0n) is 14.7. The summed E-state index contributed by atoms with van der Waals surface area (Å²) >= 11 is 0. The summed E-state index contributed by atoms with van der Waals surface area (Å²) in [6.07, 6.45) is 2.61. The molecule has 0 radical (unpaired) electrons. The van der Waals surface area contributed by atoms with E-state index in [2.05, 4.69) is 46.4 Å². The molecule has 120 valence electrons. The topological polar surface area (TPSA) is 29.5 Å². The molecule has 0 aromatic heterocycles. The minimum atomic E-state index is -0.0575. The van der Waals surface area contributed by atoms with Crippen molar-refractivity contribution in [3.8, 4) is 0 Å². The van der Waals surface area contributed by atoms with Gasteiger partial charge in [0.1, 0.15) is 0 Å². The number of hydrogen-bond acceptors (Lipinski definition) is 3. The summed E-state index contributed by atoms with van der Waals surface area (Å²) in [6.45, 7) is 17.6. The fourth-order valence-corrected chi connectivity index (χ4v) is 3.49. The van der Waals surface area contributed by atoms with Crippen LogP contribution in [-0.2, 0) is 9.53 Å². The van der Waals surface area contributed by atoms with Crippen LogP contribution in [0.15, 0.2) is 0 Å². The third-order valence-corrected chi connectivity index (χ3v) is 3.79. The van der Waals surface area contributed by atoms with Gasteiger partial charge in [0.2, 0.25) is 0 Å². The van der Waals surface area contributed by atoms with Crippen LogP contribution < -0.4 is 0 Å². The molecule has 0 amide bonds. The summed E-state index contributed by atoms with van der Waals surface area (Å²) in [5, 5.41) is 0. The maximum absolute atomic E-state index is 12.1. The quantitative estimate of drug-likeness (QED) is 0.566. The molecule has 3 nitrogen and oxygen atoms in total. The van der Waals surface area contributed by atoms with Gasteiger partial charge in [0.05, 0.1) is 13.0 Å². The summed E-state index contributed by atoms with van der Waals surface area (Å²) < 4.78 is 5.23. The predicted molar refractivity (Wildman–Crippen MR) is 85.8 cm³/mol. The second-order valence-electron chi connectivity index (χ2n) is 6.57. The molecule has 20 heavy (non-hydrogen) atoms. The van der Waals surface area contributed by atoms with Crippen LogP contribution >= 0.6 is 0 Å². The van der Waals surface area contributed by atoms with Crippen LogP contribution in [0.4, 0.5) is 0 Å². The molecule has 0 bridgehead atoms. The van der Waals surface area contributed by atoms with Gasteiger partial charge in [-0.2, -0.15) is 0 Å². The molecule has 0 saturated carbocycles. The highest BCUT2D eigenvalue weighted by molar-refractivity contribution is 5.71. The lowest BCUT2D eigenvalue weighted by Gasteiger charge is -2.45. The first-order valence-corrected chi connectivity index (χ1v) is 8.21. The van der Waals surface area contributed by atoms with Crippen LogP contribution in [0, 0.1) is 11.8 Å². The summed E-state index contributed by atoms with van der Waals surface area (Å²) in [5.41, 5.74) is -0.0575. The first-order chi connectivity index (χ1) is 9.31. The van der Waals surface area contributed by atoms with E-state index in [0.717, 1.165) is 25.9 Å². The average molecular weight is 285 g/mol.